The third-order valence-electron chi connectivity index (χ3n) is 2.92. The fourth-order valence-electron chi connectivity index (χ4n) is 2.04. The van der Waals surface area contributed by atoms with Crippen molar-refractivity contribution in [2.45, 2.75) is 18.9 Å². The summed E-state index contributed by atoms with van der Waals surface area (Å²) in [6, 6.07) is 8.49. The number of benzene rings is 1. The zero-order valence-corrected chi connectivity index (χ0v) is 9.54. The molecule has 5 nitrogen and oxygen atoms in total. The van der Waals surface area contributed by atoms with Crippen LogP contribution in [0.25, 0.3) is 0 Å². The van der Waals surface area contributed by atoms with E-state index >= 15 is 0 Å². The molecule has 90 valence electrons. The summed E-state index contributed by atoms with van der Waals surface area (Å²) in [5.41, 5.74) is 0.800. The monoisotopic (exact) mass is 234 g/mol. The molecule has 0 saturated carbocycles. The molecule has 2 rings (SSSR count). The Labute approximate surface area is 99.2 Å². The van der Waals surface area contributed by atoms with Gasteiger partial charge in [0.05, 0.1) is 5.69 Å². The molecule has 1 saturated heterocycles. The highest BCUT2D eigenvalue weighted by molar-refractivity contribution is 5.88. The molecule has 0 spiro atoms. The number of nitrogens with zero attached hydrogens (tertiary/aromatic N) is 2. The lowest BCUT2D eigenvalue weighted by Gasteiger charge is -2.33. The van der Waals surface area contributed by atoms with Crippen LogP contribution in [0.2, 0.25) is 0 Å². The lowest BCUT2D eigenvalue weighted by atomic mass is 10.2. The van der Waals surface area contributed by atoms with Crippen LogP contribution in [0.1, 0.15) is 12.8 Å². The quantitative estimate of drug-likeness (QED) is 0.851. The van der Waals surface area contributed by atoms with Crippen LogP contribution in [-0.4, -0.2) is 35.1 Å². The van der Waals surface area contributed by atoms with Crippen LogP contribution < -0.4 is 5.01 Å². The SMILES string of the molecule is CN(c1ccccc1)N1C(=O)CC[C@H]1C(=O)O. The van der Waals surface area contributed by atoms with Crippen LogP contribution in [0.3, 0.4) is 0 Å². The number of hydrogen-bond donors (Lipinski definition) is 1. The average Bonchev–Trinajstić information content (AvgIpc) is 2.71. The second-order valence-corrected chi connectivity index (χ2v) is 3.99. The summed E-state index contributed by atoms with van der Waals surface area (Å²) >= 11 is 0. The summed E-state index contributed by atoms with van der Waals surface area (Å²) in [5.74, 6) is -1.11. The summed E-state index contributed by atoms with van der Waals surface area (Å²) in [6.07, 6.45) is 0.652. The van der Waals surface area contributed by atoms with Crippen LogP contribution in [-0.2, 0) is 9.59 Å². The number of rotatable bonds is 3. The lowest BCUT2D eigenvalue weighted by molar-refractivity contribution is -0.146. The third kappa shape index (κ3) is 2.08. The third-order valence-corrected chi connectivity index (χ3v) is 2.92. The fourth-order valence-corrected chi connectivity index (χ4v) is 2.04. The zero-order chi connectivity index (χ0) is 12.4. The molecule has 1 fully saturated rings. The number of para-hydroxylation sites is 1. The van der Waals surface area contributed by atoms with E-state index in [-0.39, 0.29) is 12.3 Å². The minimum absolute atomic E-state index is 0.149. The number of anilines is 1. The molecule has 17 heavy (non-hydrogen) atoms. The molecular weight excluding hydrogens is 220 g/mol. The molecule has 1 N–H and O–H groups in total. The van der Waals surface area contributed by atoms with Gasteiger partial charge in [-0.15, -0.1) is 0 Å². The Hall–Kier alpha value is -2.04. The van der Waals surface area contributed by atoms with E-state index in [0.717, 1.165) is 5.69 Å². The van der Waals surface area contributed by atoms with Crippen molar-refractivity contribution in [3.8, 4) is 0 Å². The van der Waals surface area contributed by atoms with Gasteiger partial charge in [0.15, 0.2) is 6.04 Å². The molecule has 0 unspecified atom stereocenters. The maximum Gasteiger partial charge on any atom is 0.328 e. The summed E-state index contributed by atoms with van der Waals surface area (Å²) in [7, 11) is 1.70. The number of carboxylic acids is 1. The van der Waals surface area contributed by atoms with Gasteiger partial charge in [-0.1, -0.05) is 18.2 Å². The highest BCUT2D eigenvalue weighted by atomic mass is 16.4. The first-order chi connectivity index (χ1) is 8.11. The van der Waals surface area contributed by atoms with Gasteiger partial charge >= 0.3 is 5.97 Å². The first-order valence-electron chi connectivity index (χ1n) is 5.45. The van der Waals surface area contributed by atoms with Crippen LogP contribution in [0, 0.1) is 0 Å². The fraction of sp³-hybridized carbons (Fsp3) is 0.333. The molecule has 5 heteroatoms. The summed E-state index contributed by atoms with van der Waals surface area (Å²) < 4.78 is 0. The Morgan fingerprint density at radius 1 is 1.41 bits per heavy atom. The van der Waals surface area contributed by atoms with E-state index in [0.29, 0.717) is 6.42 Å². The largest absolute Gasteiger partial charge is 0.480 e. The van der Waals surface area contributed by atoms with Gasteiger partial charge in [-0.05, 0) is 18.6 Å². The highest BCUT2D eigenvalue weighted by Crippen LogP contribution is 2.24. The van der Waals surface area contributed by atoms with Crippen LogP contribution in [0.15, 0.2) is 30.3 Å². The molecular formula is C12H14N2O3. The van der Waals surface area contributed by atoms with E-state index in [9.17, 15) is 9.59 Å². The summed E-state index contributed by atoms with van der Waals surface area (Å²) in [4.78, 5) is 22.8. The number of hydrogen-bond acceptors (Lipinski definition) is 3. The van der Waals surface area contributed by atoms with E-state index in [4.69, 9.17) is 5.11 Å². The Morgan fingerprint density at radius 3 is 2.65 bits per heavy atom. The molecule has 1 heterocycles. The Balaban J connectivity index is 2.26. The highest BCUT2D eigenvalue weighted by Gasteiger charge is 2.38. The van der Waals surface area contributed by atoms with Crippen molar-refractivity contribution in [2.24, 2.45) is 0 Å². The predicted molar refractivity (Wildman–Crippen MR) is 62.3 cm³/mol. The van der Waals surface area contributed by atoms with Crippen molar-refractivity contribution in [1.29, 1.82) is 0 Å². The first kappa shape index (κ1) is 11.4. The molecule has 1 aliphatic rings. The first-order valence-corrected chi connectivity index (χ1v) is 5.45. The lowest BCUT2D eigenvalue weighted by Crippen LogP contribution is -2.49. The number of aliphatic carboxylic acids is 1. The topological polar surface area (TPSA) is 60.9 Å². The van der Waals surface area contributed by atoms with Crippen molar-refractivity contribution in [3.05, 3.63) is 30.3 Å². The Morgan fingerprint density at radius 2 is 2.06 bits per heavy atom. The van der Waals surface area contributed by atoms with E-state index in [1.807, 2.05) is 30.3 Å². The number of carbonyl (C=O) groups is 2. The molecule has 0 bridgehead atoms. The molecule has 0 aliphatic carbocycles. The number of carboxylic acid groups (broad SMARTS) is 1. The van der Waals surface area contributed by atoms with Crippen LogP contribution >= 0.6 is 0 Å². The minimum Gasteiger partial charge on any atom is -0.480 e. The summed E-state index contributed by atoms with van der Waals surface area (Å²) in [6.45, 7) is 0. The van der Waals surface area contributed by atoms with Crippen LogP contribution in [0.5, 0.6) is 0 Å². The van der Waals surface area contributed by atoms with Gasteiger partial charge in [0, 0.05) is 13.5 Å². The molecule has 0 aromatic heterocycles. The van der Waals surface area contributed by atoms with Crippen molar-refractivity contribution in [1.82, 2.24) is 5.01 Å². The van der Waals surface area contributed by atoms with Crippen molar-refractivity contribution in [2.75, 3.05) is 12.1 Å². The molecule has 1 atom stereocenters. The molecule has 0 radical (unpaired) electrons. The van der Waals surface area contributed by atoms with Crippen molar-refractivity contribution in [3.63, 3.8) is 0 Å². The van der Waals surface area contributed by atoms with Crippen LogP contribution in [0.4, 0.5) is 5.69 Å². The zero-order valence-electron chi connectivity index (χ0n) is 9.54. The smallest absolute Gasteiger partial charge is 0.328 e. The van der Waals surface area contributed by atoms with E-state index < -0.39 is 12.0 Å². The van der Waals surface area contributed by atoms with Gasteiger partial charge in [0.25, 0.3) is 0 Å². The van der Waals surface area contributed by atoms with Gasteiger partial charge < -0.3 is 5.11 Å². The minimum atomic E-state index is -0.960. The normalized spacial score (nSPS) is 19.5. The second-order valence-electron chi connectivity index (χ2n) is 3.99. The summed E-state index contributed by atoms with van der Waals surface area (Å²) in [5, 5.41) is 12.0. The molecule has 1 aromatic rings. The van der Waals surface area contributed by atoms with Gasteiger partial charge in [0.2, 0.25) is 5.91 Å². The number of amides is 1. The standard InChI is InChI=1S/C12H14N2O3/c1-13(9-5-3-2-4-6-9)14-10(12(16)17)7-8-11(14)15/h2-6,10H,7-8H2,1H3,(H,16,17)/t10-/m0/s1. The average molecular weight is 234 g/mol. The molecule has 1 aliphatic heterocycles. The molecule has 1 amide bonds. The second kappa shape index (κ2) is 4.45. The Bertz CT molecular complexity index is 433. The number of hydrazine groups is 1. The van der Waals surface area contributed by atoms with E-state index in [1.165, 1.54) is 5.01 Å². The Kier molecular flexibility index (Phi) is 2.99. The van der Waals surface area contributed by atoms with Crippen molar-refractivity contribution < 1.29 is 14.7 Å². The van der Waals surface area contributed by atoms with Crippen molar-refractivity contribution >= 4 is 17.6 Å². The van der Waals surface area contributed by atoms with Gasteiger partial charge in [-0.25, -0.2) is 9.80 Å². The maximum atomic E-state index is 11.7. The van der Waals surface area contributed by atoms with Gasteiger partial charge in [0.1, 0.15) is 0 Å². The van der Waals surface area contributed by atoms with Gasteiger partial charge in [-0.3, -0.25) is 9.80 Å². The number of carbonyl (C=O) groups excluding carboxylic acids is 1. The van der Waals surface area contributed by atoms with Gasteiger partial charge in [-0.2, -0.15) is 0 Å². The molecule has 1 aromatic carbocycles. The maximum absolute atomic E-state index is 11.7. The van der Waals surface area contributed by atoms with E-state index in [1.54, 1.807) is 12.1 Å². The van der Waals surface area contributed by atoms with E-state index in [2.05, 4.69) is 0 Å². The predicted octanol–water partition coefficient (Wildman–Crippen LogP) is 1.11.